The molecule has 0 aliphatic rings. The van der Waals surface area contributed by atoms with Crippen LogP contribution in [0.1, 0.15) is 22.5 Å². The Morgan fingerprint density at radius 3 is 2.32 bits per heavy atom. The molecule has 0 atom stereocenters. The number of aromatic nitrogens is 2. The van der Waals surface area contributed by atoms with Crippen LogP contribution in [-0.2, 0) is 13.5 Å². The number of aliphatic hydroxyl groups is 1. The van der Waals surface area contributed by atoms with Gasteiger partial charge in [-0.2, -0.15) is 0 Å². The Labute approximate surface area is 122 Å². The minimum atomic E-state index is 0.114. The van der Waals surface area contributed by atoms with E-state index in [9.17, 15) is 0 Å². The number of benzene rings is 1. The van der Waals surface area contributed by atoms with E-state index >= 15 is 0 Å². The van der Waals surface area contributed by atoms with E-state index < -0.39 is 0 Å². The third kappa shape index (κ3) is 2.60. The normalized spacial score (nSPS) is 11.1. The van der Waals surface area contributed by atoms with Crippen LogP contribution >= 0.6 is 15.9 Å². The zero-order valence-corrected chi connectivity index (χ0v) is 13.4. The molecule has 0 bridgehead atoms. The molecule has 2 aromatic rings. The molecule has 0 spiro atoms. The first-order chi connectivity index (χ1) is 8.95. The van der Waals surface area contributed by atoms with E-state index in [0.717, 1.165) is 16.1 Å². The lowest BCUT2D eigenvalue weighted by molar-refractivity contribution is 0.295. The van der Waals surface area contributed by atoms with Gasteiger partial charge in [-0.3, -0.25) is 0 Å². The summed E-state index contributed by atoms with van der Waals surface area (Å²) in [6.07, 6.45) is 0.569. The highest BCUT2D eigenvalue weighted by Crippen LogP contribution is 2.33. The standard InChI is InChI=1S/C15H19BrN2O/c1-9-7-10(2)13(11(3)8-9)14-15(16)18(4)12(17-14)5-6-19/h7-8,19H,5-6H2,1-4H3. The molecule has 1 heterocycles. The summed E-state index contributed by atoms with van der Waals surface area (Å²) in [5, 5.41) is 9.09. The molecule has 102 valence electrons. The van der Waals surface area contributed by atoms with E-state index in [4.69, 9.17) is 5.11 Å². The Morgan fingerprint density at radius 1 is 1.21 bits per heavy atom. The molecular formula is C15H19BrN2O. The fourth-order valence-corrected chi connectivity index (χ4v) is 3.05. The monoisotopic (exact) mass is 322 g/mol. The van der Waals surface area contributed by atoms with Crippen molar-refractivity contribution < 1.29 is 5.11 Å². The Morgan fingerprint density at radius 2 is 1.79 bits per heavy atom. The van der Waals surface area contributed by atoms with Crippen LogP contribution in [0.2, 0.25) is 0 Å². The number of nitrogens with zero attached hydrogens (tertiary/aromatic N) is 2. The highest BCUT2D eigenvalue weighted by Gasteiger charge is 2.17. The predicted molar refractivity (Wildman–Crippen MR) is 81.3 cm³/mol. The molecule has 3 nitrogen and oxygen atoms in total. The lowest BCUT2D eigenvalue weighted by atomic mass is 9.98. The molecule has 0 unspecified atom stereocenters. The van der Waals surface area contributed by atoms with Gasteiger partial charge in [-0.15, -0.1) is 0 Å². The molecule has 19 heavy (non-hydrogen) atoms. The number of rotatable bonds is 3. The number of aliphatic hydroxyl groups excluding tert-OH is 1. The average molecular weight is 323 g/mol. The van der Waals surface area contributed by atoms with Gasteiger partial charge in [0.2, 0.25) is 0 Å². The summed E-state index contributed by atoms with van der Waals surface area (Å²) in [5.41, 5.74) is 5.86. The molecule has 0 saturated heterocycles. The van der Waals surface area contributed by atoms with E-state index in [1.807, 2.05) is 11.6 Å². The van der Waals surface area contributed by atoms with Crippen LogP contribution in [0.3, 0.4) is 0 Å². The van der Waals surface area contributed by atoms with E-state index in [0.29, 0.717) is 6.42 Å². The fraction of sp³-hybridized carbons (Fsp3) is 0.400. The maximum atomic E-state index is 9.09. The van der Waals surface area contributed by atoms with Crippen LogP contribution in [0.4, 0.5) is 0 Å². The maximum Gasteiger partial charge on any atom is 0.112 e. The summed E-state index contributed by atoms with van der Waals surface area (Å²) in [4.78, 5) is 4.68. The average Bonchev–Trinajstić information content (AvgIpc) is 2.57. The number of hydrogen-bond donors (Lipinski definition) is 1. The Hall–Kier alpha value is -1.13. The quantitative estimate of drug-likeness (QED) is 0.941. The van der Waals surface area contributed by atoms with Crippen LogP contribution in [0.25, 0.3) is 11.3 Å². The van der Waals surface area contributed by atoms with Crippen LogP contribution in [0, 0.1) is 20.8 Å². The highest BCUT2D eigenvalue weighted by molar-refractivity contribution is 9.10. The molecule has 0 saturated carbocycles. The van der Waals surface area contributed by atoms with Gasteiger partial charge in [0.25, 0.3) is 0 Å². The van der Waals surface area contributed by atoms with Crippen molar-refractivity contribution in [3.8, 4) is 11.3 Å². The summed E-state index contributed by atoms with van der Waals surface area (Å²) >= 11 is 3.61. The highest BCUT2D eigenvalue weighted by atomic mass is 79.9. The molecular weight excluding hydrogens is 304 g/mol. The third-order valence-corrected chi connectivity index (χ3v) is 4.27. The second-order valence-corrected chi connectivity index (χ2v) is 5.72. The number of imidazole rings is 1. The maximum absolute atomic E-state index is 9.09. The molecule has 1 aromatic heterocycles. The van der Waals surface area contributed by atoms with Gasteiger partial charge in [-0.25, -0.2) is 4.98 Å². The molecule has 0 fully saturated rings. The summed E-state index contributed by atoms with van der Waals surface area (Å²) in [6, 6.07) is 4.35. The van der Waals surface area contributed by atoms with E-state index in [1.54, 1.807) is 0 Å². The minimum absolute atomic E-state index is 0.114. The smallest absolute Gasteiger partial charge is 0.112 e. The molecule has 0 aliphatic heterocycles. The van der Waals surface area contributed by atoms with Crippen LogP contribution < -0.4 is 0 Å². The third-order valence-electron chi connectivity index (χ3n) is 3.37. The predicted octanol–water partition coefficient (Wildman–Crippen LogP) is 3.31. The molecule has 0 radical (unpaired) electrons. The van der Waals surface area contributed by atoms with Crippen molar-refractivity contribution in [3.05, 3.63) is 39.3 Å². The van der Waals surface area contributed by atoms with E-state index in [2.05, 4.69) is 53.8 Å². The summed E-state index contributed by atoms with van der Waals surface area (Å²) < 4.78 is 2.95. The molecule has 1 aromatic carbocycles. The van der Waals surface area contributed by atoms with Crippen molar-refractivity contribution in [2.75, 3.05) is 6.61 Å². The van der Waals surface area contributed by atoms with Gasteiger partial charge >= 0.3 is 0 Å². The van der Waals surface area contributed by atoms with Crippen molar-refractivity contribution in [1.82, 2.24) is 9.55 Å². The lowest BCUT2D eigenvalue weighted by Gasteiger charge is -2.09. The molecule has 0 aliphatic carbocycles. The number of aryl methyl sites for hydroxylation is 3. The van der Waals surface area contributed by atoms with Gasteiger partial charge in [0, 0.05) is 19.0 Å². The largest absolute Gasteiger partial charge is 0.396 e. The fourth-order valence-electron chi connectivity index (χ4n) is 2.56. The topological polar surface area (TPSA) is 38.1 Å². The van der Waals surface area contributed by atoms with Gasteiger partial charge in [0.05, 0.1) is 6.61 Å². The molecule has 0 amide bonds. The van der Waals surface area contributed by atoms with Gasteiger partial charge in [-0.05, 0) is 47.8 Å². The SMILES string of the molecule is Cc1cc(C)c(-c2nc(CCO)n(C)c2Br)c(C)c1. The number of hydrogen-bond acceptors (Lipinski definition) is 2. The van der Waals surface area contributed by atoms with Crippen molar-refractivity contribution in [1.29, 1.82) is 0 Å². The minimum Gasteiger partial charge on any atom is -0.396 e. The first-order valence-corrected chi connectivity index (χ1v) is 7.15. The second-order valence-electron chi connectivity index (χ2n) is 4.97. The zero-order valence-electron chi connectivity index (χ0n) is 11.8. The van der Waals surface area contributed by atoms with Gasteiger partial charge in [0.1, 0.15) is 16.1 Å². The van der Waals surface area contributed by atoms with Gasteiger partial charge in [0.15, 0.2) is 0 Å². The van der Waals surface area contributed by atoms with Crippen LogP contribution in [0.15, 0.2) is 16.7 Å². The lowest BCUT2D eigenvalue weighted by Crippen LogP contribution is -2.00. The first-order valence-electron chi connectivity index (χ1n) is 6.36. The Kier molecular flexibility index (Phi) is 4.11. The Bertz CT molecular complexity index is 594. The van der Waals surface area contributed by atoms with Crippen molar-refractivity contribution in [2.24, 2.45) is 7.05 Å². The Balaban J connectivity index is 2.63. The van der Waals surface area contributed by atoms with Crippen molar-refractivity contribution in [2.45, 2.75) is 27.2 Å². The van der Waals surface area contributed by atoms with Crippen LogP contribution in [-0.4, -0.2) is 21.3 Å². The van der Waals surface area contributed by atoms with Crippen LogP contribution in [0.5, 0.6) is 0 Å². The molecule has 1 N–H and O–H groups in total. The molecule has 4 heteroatoms. The van der Waals surface area contributed by atoms with E-state index in [-0.39, 0.29) is 6.61 Å². The van der Waals surface area contributed by atoms with Gasteiger partial charge < -0.3 is 9.67 Å². The van der Waals surface area contributed by atoms with Crippen molar-refractivity contribution in [3.63, 3.8) is 0 Å². The summed E-state index contributed by atoms with van der Waals surface area (Å²) in [6.45, 7) is 6.45. The van der Waals surface area contributed by atoms with Crippen molar-refractivity contribution >= 4 is 15.9 Å². The van der Waals surface area contributed by atoms with E-state index in [1.165, 1.54) is 22.3 Å². The molecule has 2 rings (SSSR count). The second kappa shape index (κ2) is 5.47. The van der Waals surface area contributed by atoms with Gasteiger partial charge in [-0.1, -0.05) is 17.7 Å². The first kappa shape index (κ1) is 14.3. The summed E-state index contributed by atoms with van der Waals surface area (Å²) in [5.74, 6) is 0.892. The summed E-state index contributed by atoms with van der Waals surface area (Å²) in [7, 11) is 1.96. The zero-order chi connectivity index (χ0) is 14.2. The number of halogens is 1.